The van der Waals surface area contributed by atoms with Gasteiger partial charge in [-0.2, -0.15) is 0 Å². The summed E-state index contributed by atoms with van der Waals surface area (Å²) in [7, 11) is -7.33. The predicted molar refractivity (Wildman–Crippen MR) is 156 cm³/mol. The molecule has 0 saturated carbocycles. The Balaban J connectivity index is 1.06. The first-order chi connectivity index (χ1) is 19.6. The minimum Gasteiger partial charge on any atom is -0.404 e. The Kier molecular flexibility index (Phi) is 7.86. The van der Waals surface area contributed by atoms with Gasteiger partial charge in [0.15, 0.2) is 0 Å². The van der Waals surface area contributed by atoms with Gasteiger partial charge in [-0.25, -0.2) is 9.13 Å². The van der Waals surface area contributed by atoms with Crippen LogP contribution in [0.15, 0.2) is 72.8 Å². The standard InChI is InChI=1S/C31H38O8P2/c1-29(2,25-9-13-27(14-10-25)38-40(32)34-21-30(22-35-40)17-5-3-6-18-30)26-11-15-28(16-12-26)39-41(33)36-23-31(24-37-41)19-7-4-8-20-31/h3-5,7,9-16H,6,8,17-24H2,1-2H3. The van der Waals surface area contributed by atoms with Crippen LogP contribution < -0.4 is 9.05 Å². The molecule has 220 valence electrons. The van der Waals surface area contributed by atoms with Gasteiger partial charge in [0.05, 0.1) is 26.4 Å². The molecule has 2 aliphatic heterocycles. The Hall–Kier alpha value is -2.18. The highest BCUT2D eigenvalue weighted by Crippen LogP contribution is 2.58. The van der Waals surface area contributed by atoms with Crippen LogP contribution in [0.1, 0.15) is 63.5 Å². The topological polar surface area (TPSA) is 89.5 Å². The number of hydrogen-bond donors (Lipinski definition) is 0. The molecule has 0 unspecified atom stereocenters. The van der Waals surface area contributed by atoms with Crippen LogP contribution in [0.5, 0.6) is 11.5 Å². The Morgan fingerprint density at radius 1 is 0.610 bits per heavy atom. The second-order valence-corrected chi connectivity index (χ2v) is 15.5. The van der Waals surface area contributed by atoms with E-state index < -0.39 is 15.6 Å². The molecule has 0 amide bonds. The smallest absolute Gasteiger partial charge is 0.404 e. The van der Waals surface area contributed by atoms with Crippen molar-refractivity contribution in [1.82, 2.24) is 0 Å². The molecule has 2 aromatic rings. The molecule has 41 heavy (non-hydrogen) atoms. The predicted octanol–water partition coefficient (Wildman–Crippen LogP) is 8.53. The minimum atomic E-state index is -3.66. The molecule has 2 saturated heterocycles. The van der Waals surface area contributed by atoms with Crippen LogP contribution in [-0.4, -0.2) is 26.4 Å². The highest BCUT2D eigenvalue weighted by atomic mass is 31.2. The maximum atomic E-state index is 13.1. The molecule has 0 radical (unpaired) electrons. The Morgan fingerprint density at radius 2 is 0.976 bits per heavy atom. The van der Waals surface area contributed by atoms with Gasteiger partial charge in [0.25, 0.3) is 0 Å². The van der Waals surface area contributed by atoms with E-state index in [2.05, 4.69) is 38.2 Å². The monoisotopic (exact) mass is 600 g/mol. The molecule has 0 atom stereocenters. The largest absolute Gasteiger partial charge is 0.530 e. The lowest BCUT2D eigenvalue weighted by Crippen LogP contribution is -2.36. The molecule has 2 aliphatic carbocycles. The van der Waals surface area contributed by atoms with Crippen molar-refractivity contribution in [2.75, 3.05) is 26.4 Å². The lowest BCUT2D eigenvalue weighted by molar-refractivity contribution is -0.00844. The lowest BCUT2D eigenvalue weighted by atomic mass is 9.78. The molecule has 8 nitrogen and oxygen atoms in total. The number of rotatable bonds is 6. The summed E-state index contributed by atoms with van der Waals surface area (Å²) >= 11 is 0. The molecule has 0 bridgehead atoms. The van der Waals surface area contributed by atoms with Crippen LogP contribution in [0, 0.1) is 10.8 Å². The third kappa shape index (κ3) is 6.29. The van der Waals surface area contributed by atoms with Gasteiger partial charge in [0.1, 0.15) is 11.5 Å². The summed E-state index contributed by atoms with van der Waals surface area (Å²) in [6.45, 7) is 5.69. The van der Waals surface area contributed by atoms with E-state index in [1.165, 1.54) is 0 Å². The summed E-state index contributed by atoms with van der Waals surface area (Å²) in [4.78, 5) is 0. The van der Waals surface area contributed by atoms with Crippen LogP contribution in [0.25, 0.3) is 0 Å². The lowest BCUT2D eigenvalue weighted by Gasteiger charge is -2.39. The number of benzene rings is 2. The first-order valence-electron chi connectivity index (χ1n) is 14.3. The zero-order valence-electron chi connectivity index (χ0n) is 23.7. The van der Waals surface area contributed by atoms with E-state index in [-0.39, 0.29) is 16.2 Å². The third-order valence-electron chi connectivity index (χ3n) is 8.82. The first-order valence-corrected chi connectivity index (χ1v) is 17.2. The van der Waals surface area contributed by atoms with E-state index in [0.29, 0.717) is 37.9 Å². The molecular formula is C31H38O8P2. The number of phosphoric acid groups is 2. The van der Waals surface area contributed by atoms with Crippen molar-refractivity contribution in [3.05, 3.63) is 84.0 Å². The third-order valence-corrected chi connectivity index (χ3v) is 11.5. The van der Waals surface area contributed by atoms with Crippen molar-refractivity contribution in [2.24, 2.45) is 10.8 Å². The fourth-order valence-electron chi connectivity index (χ4n) is 5.83. The summed E-state index contributed by atoms with van der Waals surface area (Å²) in [5.74, 6) is 0.860. The summed E-state index contributed by atoms with van der Waals surface area (Å²) in [6, 6.07) is 14.9. The zero-order chi connectivity index (χ0) is 28.6. The van der Waals surface area contributed by atoms with Crippen LogP contribution in [-0.2, 0) is 32.6 Å². The van der Waals surface area contributed by atoms with Crippen LogP contribution >= 0.6 is 15.6 Å². The minimum absolute atomic E-state index is 0.109. The van der Waals surface area contributed by atoms with Crippen LogP contribution in [0.2, 0.25) is 0 Å². The molecular weight excluding hydrogens is 562 g/mol. The van der Waals surface area contributed by atoms with Crippen LogP contribution in [0.4, 0.5) is 0 Å². The van der Waals surface area contributed by atoms with Gasteiger partial charge >= 0.3 is 15.6 Å². The molecule has 2 heterocycles. The Bertz CT molecular complexity index is 1270. The number of allylic oxidation sites excluding steroid dienone is 4. The molecule has 2 aromatic carbocycles. The Labute approximate surface area is 242 Å². The van der Waals surface area contributed by atoms with E-state index in [1.807, 2.05) is 24.3 Å². The van der Waals surface area contributed by atoms with Crippen molar-refractivity contribution < 1.29 is 36.3 Å². The normalized spacial score (nSPS) is 33.6. The molecule has 0 aromatic heterocycles. The quantitative estimate of drug-likeness (QED) is 0.241. The maximum Gasteiger partial charge on any atom is 0.530 e. The van der Waals surface area contributed by atoms with Gasteiger partial charge in [-0.3, -0.25) is 18.1 Å². The molecule has 10 heteroatoms. The van der Waals surface area contributed by atoms with E-state index >= 15 is 0 Å². The molecule has 2 spiro atoms. The molecule has 6 rings (SSSR count). The molecule has 0 N–H and O–H groups in total. The van der Waals surface area contributed by atoms with Gasteiger partial charge in [0, 0.05) is 16.2 Å². The second kappa shape index (κ2) is 11.1. The van der Waals surface area contributed by atoms with E-state index in [4.69, 9.17) is 27.1 Å². The van der Waals surface area contributed by atoms with E-state index in [1.54, 1.807) is 24.3 Å². The number of phosphoric ester groups is 2. The Morgan fingerprint density at radius 3 is 1.29 bits per heavy atom. The summed E-state index contributed by atoms with van der Waals surface area (Å²) in [5, 5.41) is 0. The van der Waals surface area contributed by atoms with Gasteiger partial charge in [0.2, 0.25) is 0 Å². The fraction of sp³-hybridized carbons (Fsp3) is 0.484. The van der Waals surface area contributed by atoms with Crippen molar-refractivity contribution >= 4 is 15.6 Å². The molecule has 2 fully saturated rings. The number of hydrogen-bond acceptors (Lipinski definition) is 8. The van der Waals surface area contributed by atoms with Crippen LogP contribution in [0.3, 0.4) is 0 Å². The van der Waals surface area contributed by atoms with E-state index in [0.717, 1.165) is 49.7 Å². The summed E-state index contributed by atoms with van der Waals surface area (Å²) in [5.41, 5.74) is 1.50. The van der Waals surface area contributed by atoms with Crippen molar-refractivity contribution in [3.8, 4) is 11.5 Å². The SMILES string of the molecule is CC(C)(c1ccc(OP2(=O)OCC3(CC=CCC3)CO2)cc1)c1ccc(OP2(=O)OCC3(CC=CCC3)CO2)cc1. The highest BCUT2D eigenvalue weighted by Gasteiger charge is 2.45. The average molecular weight is 601 g/mol. The van der Waals surface area contributed by atoms with Crippen molar-refractivity contribution in [1.29, 1.82) is 0 Å². The van der Waals surface area contributed by atoms with Gasteiger partial charge < -0.3 is 9.05 Å². The van der Waals surface area contributed by atoms with Gasteiger partial charge in [-0.05, 0) is 73.9 Å². The highest BCUT2D eigenvalue weighted by molar-refractivity contribution is 7.49. The average Bonchev–Trinajstić information content (AvgIpc) is 2.99. The van der Waals surface area contributed by atoms with Crippen molar-refractivity contribution in [2.45, 2.75) is 57.8 Å². The second-order valence-electron chi connectivity index (χ2n) is 12.3. The fourth-order valence-corrected chi connectivity index (χ4v) is 8.67. The van der Waals surface area contributed by atoms with Gasteiger partial charge in [-0.1, -0.05) is 62.4 Å². The van der Waals surface area contributed by atoms with E-state index in [9.17, 15) is 9.13 Å². The first kappa shape index (κ1) is 28.9. The zero-order valence-corrected chi connectivity index (χ0v) is 25.4. The summed E-state index contributed by atoms with van der Waals surface area (Å²) in [6.07, 6.45) is 14.2. The summed E-state index contributed by atoms with van der Waals surface area (Å²) < 4.78 is 60.2. The van der Waals surface area contributed by atoms with Gasteiger partial charge in [-0.15, -0.1) is 0 Å². The molecule has 4 aliphatic rings. The maximum absolute atomic E-state index is 13.1. The van der Waals surface area contributed by atoms with Crippen molar-refractivity contribution in [3.63, 3.8) is 0 Å².